The maximum atomic E-state index is 12.8. The Morgan fingerprint density at radius 1 is 0.718 bits per heavy atom. The summed E-state index contributed by atoms with van der Waals surface area (Å²) in [6.45, 7) is 3.06. The highest BCUT2D eigenvalue weighted by Gasteiger charge is 2.20. The number of carbonyl (C=O) groups is 1. The lowest BCUT2D eigenvalue weighted by atomic mass is 9.90. The summed E-state index contributed by atoms with van der Waals surface area (Å²) in [6, 6.07) is 33.3. The van der Waals surface area contributed by atoms with Gasteiger partial charge in [0.1, 0.15) is 0 Å². The average molecular weight is 540 g/mol. The van der Waals surface area contributed by atoms with E-state index in [1.54, 1.807) is 36.4 Å². The van der Waals surface area contributed by atoms with Crippen molar-refractivity contribution in [2.45, 2.75) is 30.7 Å². The van der Waals surface area contributed by atoms with Gasteiger partial charge in [0.25, 0.3) is 15.9 Å². The number of anilines is 2. The van der Waals surface area contributed by atoms with Crippen LogP contribution in [0.25, 0.3) is 0 Å². The molecular weight excluding hydrogens is 506 g/mol. The molecule has 6 nitrogen and oxygen atoms in total. The van der Waals surface area contributed by atoms with Gasteiger partial charge in [0.15, 0.2) is 0 Å². The Morgan fingerprint density at radius 3 is 1.97 bits per heavy atom. The molecule has 0 radical (unpaired) electrons. The zero-order valence-corrected chi connectivity index (χ0v) is 22.6. The van der Waals surface area contributed by atoms with Crippen LogP contribution in [0, 0.1) is 5.92 Å². The number of nitrogens with one attached hydrogen (secondary N) is 2. The maximum Gasteiger partial charge on any atom is 0.261 e. The molecule has 1 heterocycles. The molecule has 0 spiro atoms. The van der Waals surface area contributed by atoms with Gasteiger partial charge in [-0.15, -0.1) is 0 Å². The van der Waals surface area contributed by atoms with Crippen molar-refractivity contribution in [3.63, 3.8) is 0 Å². The molecule has 5 rings (SSSR count). The Hall–Kier alpha value is -3.94. The van der Waals surface area contributed by atoms with Crippen LogP contribution in [-0.2, 0) is 23.0 Å². The summed E-state index contributed by atoms with van der Waals surface area (Å²) in [6.07, 6.45) is 3.57. The van der Waals surface area contributed by atoms with Crippen LogP contribution in [0.1, 0.15) is 34.3 Å². The number of likely N-dealkylation sites (tertiary alicyclic amines) is 1. The number of piperidine rings is 1. The normalized spacial score (nSPS) is 14.6. The van der Waals surface area contributed by atoms with Crippen LogP contribution in [0.5, 0.6) is 0 Å². The Bertz CT molecular complexity index is 1470. The second-order valence-corrected chi connectivity index (χ2v) is 11.7. The van der Waals surface area contributed by atoms with E-state index in [2.05, 4.69) is 45.3 Å². The monoisotopic (exact) mass is 539 g/mol. The Morgan fingerprint density at radius 2 is 1.33 bits per heavy atom. The van der Waals surface area contributed by atoms with E-state index < -0.39 is 10.0 Å². The highest BCUT2D eigenvalue weighted by atomic mass is 32.2. The number of sulfonamides is 1. The van der Waals surface area contributed by atoms with E-state index in [1.807, 2.05) is 30.3 Å². The first-order valence-corrected chi connectivity index (χ1v) is 14.8. The Balaban J connectivity index is 1.11. The predicted octanol–water partition coefficient (Wildman–Crippen LogP) is 6.19. The van der Waals surface area contributed by atoms with Crippen LogP contribution in [-0.4, -0.2) is 32.3 Å². The van der Waals surface area contributed by atoms with Gasteiger partial charge in [-0.05, 0) is 97.9 Å². The van der Waals surface area contributed by atoms with Gasteiger partial charge in [-0.3, -0.25) is 14.4 Å². The molecule has 200 valence electrons. The number of nitrogens with zero attached hydrogens (tertiary/aromatic N) is 1. The fraction of sp³-hybridized carbons (Fsp3) is 0.219. The van der Waals surface area contributed by atoms with Gasteiger partial charge in [0, 0.05) is 23.5 Å². The molecule has 1 amide bonds. The van der Waals surface area contributed by atoms with E-state index in [9.17, 15) is 13.2 Å². The zero-order valence-electron chi connectivity index (χ0n) is 21.8. The van der Waals surface area contributed by atoms with E-state index in [0.717, 1.165) is 32.0 Å². The summed E-state index contributed by atoms with van der Waals surface area (Å²) in [5.74, 6) is 0.505. The Labute approximate surface area is 230 Å². The van der Waals surface area contributed by atoms with E-state index in [-0.39, 0.29) is 10.8 Å². The molecule has 7 heteroatoms. The number of benzene rings is 4. The Kier molecular flexibility index (Phi) is 8.39. The van der Waals surface area contributed by atoms with Gasteiger partial charge < -0.3 is 5.32 Å². The molecule has 2 N–H and O–H groups in total. The van der Waals surface area contributed by atoms with Gasteiger partial charge in [-0.1, -0.05) is 60.7 Å². The van der Waals surface area contributed by atoms with Gasteiger partial charge in [-0.2, -0.15) is 0 Å². The van der Waals surface area contributed by atoms with Crippen molar-refractivity contribution >= 4 is 27.3 Å². The standard InChI is InChI=1S/C32H33N3O3S/c36-32(33-29-15-17-31(18-16-29)39(37,38)34-30-9-5-2-6-10-30)28-13-11-27(12-14-28)24-35-21-19-26(20-22-35)23-25-7-3-1-4-8-25/h1-18,26,34H,19-24H2,(H,33,36). The third kappa shape index (κ3) is 7.34. The first-order valence-electron chi connectivity index (χ1n) is 13.3. The molecule has 0 aliphatic carbocycles. The van der Waals surface area contributed by atoms with Crippen LogP contribution in [0.15, 0.2) is 114 Å². The van der Waals surface area contributed by atoms with Crippen molar-refractivity contribution in [1.29, 1.82) is 0 Å². The predicted molar refractivity (Wildman–Crippen MR) is 156 cm³/mol. The summed E-state index contributed by atoms with van der Waals surface area (Å²) >= 11 is 0. The highest BCUT2D eigenvalue weighted by molar-refractivity contribution is 7.92. The zero-order chi connectivity index (χ0) is 27.1. The molecule has 1 fully saturated rings. The van der Waals surface area contributed by atoms with Gasteiger partial charge in [0.05, 0.1) is 4.90 Å². The average Bonchev–Trinajstić information content (AvgIpc) is 2.96. The van der Waals surface area contributed by atoms with Gasteiger partial charge >= 0.3 is 0 Å². The molecule has 1 aliphatic rings. The summed E-state index contributed by atoms with van der Waals surface area (Å²) in [5, 5.41) is 2.85. The van der Waals surface area contributed by atoms with Crippen molar-refractivity contribution in [2.24, 2.45) is 5.92 Å². The van der Waals surface area contributed by atoms with Gasteiger partial charge in [-0.25, -0.2) is 8.42 Å². The number of para-hydroxylation sites is 1. The molecule has 0 bridgehead atoms. The van der Waals surface area contributed by atoms with E-state index in [4.69, 9.17) is 0 Å². The number of amides is 1. The minimum Gasteiger partial charge on any atom is -0.322 e. The van der Waals surface area contributed by atoms with Crippen LogP contribution in [0.4, 0.5) is 11.4 Å². The van der Waals surface area contributed by atoms with Crippen molar-refractivity contribution < 1.29 is 13.2 Å². The highest BCUT2D eigenvalue weighted by Crippen LogP contribution is 2.23. The minimum atomic E-state index is -3.71. The number of rotatable bonds is 9. The third-order valence-electron chi connectivity index (χ3n) is 7.15. The second kappa shape index (κ2) is 12.3. The van der Waals surface area contributed by atoms with Crippen LogP contribution in [0.2, 0.25) is 0 Å². The van der Waals surface area contributed by atoms with Crippen molar-refractivity contribution in [2.75, 3.05) is 23.1 Å². The molecule has 4 aromatic rings. The molecule has 0 atom stereocenters. The van der Waals surface area contributed by atoms with Gasteiger partial charge in [0.2, 0.25) is 0 Å². The summed E-state index contributed by atoms with van der Waals surface area (Å²) in [5.41, 5.74) is 4.19. The van der Waals surface area contributed by atoms with Crippen molar-refractivity contribution in [1.82, 2.24) is 4.90 Å². The van der Waals surface area contributed by atoms with Crippen LogP contribution < -0.4 is 10.0 Å². The summed E-state index contributed by atoms with van der Waals surface area (Å²) in [4.78, 5) is 15.4. The maximum absolute atomic E-state index is 12.8. The lowest BCUT2D eigenvalue weighted by molar-refractivity contribution is 0.102. The molecule has 1 aliphatic heterocycles. The van der Waals surface area contributed by atoms with Crippen molar-refractivity contribution in [3.8, 4) is 0 Å². The summed E-state index contributed by atoms with van der Waals surface area (Å²) in [7, 11) is -3.71. The fourth-order valence-electron chi connectivity index (χ4n) is 4.96. The second-order valence-electron chi connectivity index (χ2n) is 10.1. The molecule has 4 aromatic carbocycles. The molecular formula is C32H33N3O3S. The van der Waals surface area contributed by atoms with Crippen LogP contribution >= 0.6 is 0 Å². The van der Waals surface area contributed by atoms with Crippen molar-refractivity contribution in [3.05, 3.63) is 126 Å². The van der Waals surface area contributed by atoms with E-state index in [1.165, 1.54) is 36.1 Å². The van der Waals surface area contributed by atoms with Crippen LogP contribution in [0.3, 0.4) is 0 Å². The molecule has 39 heavy (non-hydrogen) atoms. The SMILES string of the molecule is O=C(Nc1ccc(S(=O)(=O)Nc2ccccc2)cc1)c1ccc(CN2CCC(Cc3ccccc3)CC2)cc1. The number of carbonyl (C=O) groups excluding carboxylic acids is 1. The first kappa shape index (κ1) is 26.7. The van der Waals surface area contributed by atoms with E-state index >= 15 is 0 Å². The molecule has 0 aromatic heterocycles. The lowest BCUT2D eigenvalue weighted by Gasteiger charge is -2.32. The topological polar surface area (TPSA) is 78.5 Å². The first-order chi connectivity index (χ1) is 18.9. The number of hydrogen-bond donors (Lipinski definition) is 2. The largest absolute Gasteiger partial charge is 0.322 e. The number of hydrogen-bond acceptors (Lipinski definition) is 4. The van der Waals surface area contributed by atoms with E-state index in [0.29, 0.717) is 16.9 Å². The lowest BCUT2D eigenvalue weighted by Crippen LogP contribution is -2.33. The fourth-order valence-corrected chi connectivity index (χ4v) is 6.02. The minimum absolute atomic E-state index is 0.123. The quantitative estimate of drug-likeness (QED) is 0.266. The smallest absolute Gasteiger partial charge is 0.261 e. The molecule has 0 unspecified atom stereocenters. The summed E-state index contributed by atoms with van der Waals surface area (Å²) < 4.78 is 27.8. The third-order valence-corrected chi connectivity index (χ3v) is 8.54. The molecule has 0 saturated carbocycles. The molecule has 1 saturated heterocycles.